The molecule has 35 heteroatoms. The Morgan fingerprint density at radius 1 is 0.506 bits per heavy atom. The fourth-order valence-electron chi connectivity index (χ4n) is 4.84. The summed E-state index contributed by atoms with van der Waals surface area (Å²) in [6.07, 6.45) is 4.87. The van der Waals surface area contributed by atoms with Gasteiger partial charge in [0.2, 0.25) is 19.2 Å². The predicted molar refractivity (Wildman–Crippen MR) is 317 cm³/mol. The third kappa shape index (κ3) is 28.2. The molecule has 0 bridgehead atoms. The van der Waals surface area contributed by atoms with Gasteiger partial charge in [0.15, 0.2) is 0 Å². The van der Waals surface area contributed by atoms with Crippen LogP contribution in [0.2, 0.25) is 0 Å². The summed E-state index contributed by atoms with van der Waals surface area (Å²) in [5.74, 6) is -4.99. The van der Waals surface area contributed by atoms with E-state index in [1.807, 2.05) is 6.92 Å². The molecule has 0 saturated carbocycles. The summed E-state index contributed by atoms with van der Waals surface area (Å²) >= 11 is 77.4. The van der Waals surface area contributed by atoms with Crippen molar-refractivity contribution in [2.45, 2.75) is 29.0 Å². The second-order valence-corrected chi connectivity index (χ2v) is 26.6. The Labute approximate surface area is 594 Å². The molecule has 7 rings (SSSR count). The van der Waals surface area contributed by atoms with Crippen molar-refractivity contribution in [3.8, 4) is 0 Å². The molecule has 426 valence electrons. The second-order valence-electron chi connectivity index (χ2n) is 14.2. The summed E-state index contributed by atoms with van der Waals surface area (Å²) in [4.78, 5) is 86.5. The Morgan fingerprint density at radius 2 is 0.962 bits per heavy atom. The quantitative estimate of drug-likeness (QED) is 0.0451. The maximum atomic E-state index is 11.5. The molecule has 7 aromatic heterocycles. The number of carbonyl (C=O) groups excluding carboxylic acids is 4. The number of nitrogens with zero attached hydrogens (tertiary/aromatic N) is 3. The number of aromatic carboxylic acids is 3. The largest absolute Gasteiger partial charge is 0.477 e. The van der Waals surface area contributed by atoms with Crippen LogP contribution in [0.5, 0.6) is 0 Å². The summed E-state index contributed by atoms with van der Waals surface area (Å²) < 4.78 is 0.0807. The van der Waals surface area contributed by atoms with E-state index in [-0.39, 0.29) is 88.2 Å². The number of alkyl halides is 12. The molecular weight excluding hydrogens is 1710 g/mol. The van der Waals surface area contributed by atoms with Gasteiger partial charge in [0, 0.05) is 98.1 Å². The normalized spacial score (nSPS) is 10.6. The van der Waals surface area contributed by atoms with Gasteiger partial charge < -0.3 is 58.5 Å². The molecule has 0 aromatic carbocycles. The number of rotatable bonds is 7. The second kappa shape index (κ2) is 36.6. The molecule has 0 spiro atoms. The van der Waals surface area contributed by atoms with Crippen molar-refractivity contribution in [3.63, 3.8) is 0 Å². The minimum absolute atomic E-state index is 0. The van der Waals surface area contributed by atoms with E-state index in [9.17, 15) is 33.6 Å². The summed E-state index contributed by atoms with van der Waals surface area (Å²) in [5, 5.41) is 25.3. The van der Waals surface area contributed by atoms with Crippen LogP contribution in [0.3, 0.4) is 0 Å². The number of hydrogen-bond acceptors (Lipinski definition) is 7. The van der Waals surface area contributed by atoms with Crippen LogP contribution in [0.4, 0.5) is 0 Å². The van der Waals surface area contributed by atoms with Crippen molar-refractivity contribution in [3.05, 3.63) is 161 Å². The number of hydrogen-bond donors (Lipinski definition) is 7. The van der Waals surface area contributed by atoms with Crippen LogP contribution >= 0.6 is 203 Å². The Bertz CT molecular complexity index is 3100. The third-order valence-corrected chi connectivity index (χ3v) is 14.6. The van der Waals surface area contributed by atoms with Crippen LogP contribution in [0, 0.1) is 26.0 Å². The predicted octanol–water partition coefficient (Wildman–Crippen LogP) is 15.7. The molecule has 0 aliphatic carbocycles. The van der Waals surface area contributed by atoms with E-state index in [1.54, 1.807) is 96.8 Å². The molecule has 0 fully saturated rings. The van der Waals surface area contributed by atoms with Crippen molar-refractivity contribution in [1.82, 2.24) is 33.6 Å². The monoisotopic (exact) mass is 1730 g/mol. The van der Waals surface area contributed by atoms with E-state index >= 15 is 0 Å². The Morgan fingerprint density at radius 3 is 1.23 bits per heavy atom. The van der Waals surface area contributed by atoms with E-state index < -0.39 is 56.2 Å². The maximum absolute atomic E-state index is 11.5. The minimum atomic E-state index is -1.90. The molecule has 0 unspecified atom stereocenters. The number of aromatic nitrogens is 7. The van der Waals surface area contributed by atoms with Crippen LogP contribution in [0.1, 0.15) is 84.8 Å². The molecule has 17 nitrogen and oxygen atoms in total. The summed E-state index contributed by atoms with van der Waals surface area (Å²) in [5.41, 5.74) is 3.47. The average molecular weight is 1740 g/mol. The topological polar surface area (TPSA) is 258 Å². The van der Waals surface area contributed by atoms with E-state index in [0.717, 1.165) is 20.5 Å². The Hall–Kier alpha value is -0.342. The average Bonchev–Trinajstić information content (AvgIpc) is 4.20. The first kappa shape index (κ1) is 80.7. The number of H-pyrrole nitrogens is 4. The van der Waals surface area contributed by atoms with E-state index in [0.29, 0.717) is 26.2 Å². The minimum Gasteiger partial charge on any atom is -0.477 e. The van der Waals surface area contributed by atoms with Crippen molar-refractivity contribution in [2.24, 2.45) is 21.1 Å². The van der Waals surface area contributed by atoms with Crippen LogP contribution in [0.25, 0.3) is 0 Å². The number of carbonyl (C=O) groups is 7. The molecule has 7 aromatic rings. The molecule has 0 saturated heterocycles. The number of ketones is 4. The van der Waals surface area contributed by atoms with Gasteiger partial charge in [0.05, 0.1) is 29.5 Å². The zero-order valence-electron chi connectivity index (χ0n) is 40.2. The number of carboxylic acids is 3. The standard InChI is InChI=1S/C8H7Cl3NO.C7H6Cl3NO.C7H5Cl3NO.C6H5Br2NO2.C6H4Cl3NO.C5H3Br2NO2.C5H5NO2.2Y/c1-5-3-4-6(12(5)2)7(13)8(9,10)11;1-11-4-2-3-5(11)6(12)7(8,9)10;1-4-2-3-5(11-4)6(12)7(8,9)10;1-9-4(6(10)11)2-3(7)5(9)8;7-6(8,9)5(11)4-2-1-3-10-4;6-2-1-3(5(9)10)8-4(2)7;7-5(8)4-2-1-3-6-4;;/h4H,1-2H3;2-4H,1H3;3,11H,1H3;2H,1H3,(H,10,11);1-3,10H;1,8H,(H,9,10);1-3,6H,(H,7,8);;/q-1;;-1;;;;;;. The molecule has 0 amide bonds. The number of nitrogens with one attached hydrogen (secondary N) is 4. The Kier molecular flexibility index (Phi) is 37.4. The van der Waals surface area contributed by atoms with Gasteiger partial charge in [-0.25, -0.2) is 38.6 Å². The Balaban J connectivity index is 0. The third-order valence-electron chi connectivity index (χ3n) is 8.68. The van der Waals surface area contributed by atoms with Crippen LogP contribution in [0.15, 0.2) is 97.4 Å². The van der Waals surface area contributed by atoms with Gasteiger partial charge in [-0.3, -0.25) is 9.59 Å². The molecular formula is C44H35Br4Cl12N7O10Y2-2. The fourth-order valence-corrected chi connectivity index (χ4v) is 7.47. The summed E-state index contributed by atoms with van der Waals surface area (Å²) in [7, 11) is 5.11. The molecule has 79 heavy (non-hydrogen) atoms. The van der Waals surface area contributed by atoms with E-state index in [2.05, 4.69) is 95.8 Å². The number of Topliss-reactive ketones (excluding diaryl/α,β-unsaturated/α-hetero) is 4. The zero-order chi connectivity index (χ0) is 59.7. The maximum Gasteiger partial charge on any atom is 0.352 e. The van der Waals surface area contributed by atoms with E-state index in [1.165, 1.54) is 24.3 Å². The van der Waals surface area contributed by atoms with Gasteiger partial charge >= 0.3 is 17.9 Å². The van der Waals surface area contributed by atoms with Crippen LogP contribution < -0.4 is 0 Å². The summed E-state index contributed by atoms with van der Waals surface area (Å²) in [6.45, 7) is 3.57. The molecule has 0 aliphatic heterocycles. The number of aromatic amines is 4. The molecule has 0 atom stereocenters. The smallest absolute Gasteiger partial charge is 0.352 e. The van der Waals surface area contributed by atoms with Crippen molar-refractivity contribution in [1.29, 1.82) is 0 Å². The molecule has 7 N–H and O–H groups in total. The molecule has 2 radical (unpaired) electrons. The van der Waals surface area contributed by atoms with Gasteiger partial charge in [-0.1, -0.05) is 162 Å². The number of halogens is 16. The van der Waals surface area contributed by atoms with Gasteiger partial charge in [-0.2, -0.15) is 0 Å². The van der Waals surface area contributed by atoms with Crippen LogP contribution in [-0.2, 0) is 86.6 Å². The van der Waals surface area contributed by atoms with Crippen molar-refractivity contribution in [2.75, 3.05) is 0 Å². The van der Waals surface area contributed by atoms with Crippen molar-refractivity contribution < 1.29 is 114 Å². The van der Waals surface area contributed by atoms with Gasteiger partial charge in [0.1, 0.15) is 28.6 Å². The van der Waals surface area contributed by atoms with Gasteiger partial charge in [0.25, 0.3) is 7.59 Å². The first-order valence-electron chi connectivity index (χ1n) is 19.8. The summed E-state index contributed by atoms with van der Waals surface area (Å²) in [6, 6.07) is 21.3. The van der Waals surface area contributed by atoms with Crippen LogP contribution in [-0.4, -0.2) is 105 Å². The van der Waals surface area contributed by atoms with E-state index in [4.69, 9.17) is 155 Å². The zero-order valence-corrected chi connectivity index (χ0v) is 61.3. The molecule has 0 aliphatic rings. The number of aryl methyl sites for hydroxylation is 3. The van der Waals surface area contributed by atoms with Gasteiger partial charge in [-0.15, -0.1) is 0 Å². The number of carboxylic acid groups (broad SMARTS) is 3. The molecule has 7 heterocycles. The van der Waals surface area contributed by atoms with Gasteiger partial charge in [-0.05, 0) is 133 Å². The van der Waals surface area contributed by atoms with Crippen molar-refractivity contribution >= 4 is 244 Å². The SMILES string of the molecule is Cc1[c-]cc(C(=O)C(Cl)(Cl)Cl)[nH]1.Cc1[c-]cc(C(=O)C(Cl)(Cl)Cl)n1C.Cn1c(C(=O)O)cc(Br)c1Br.Cn1cccc1C(=O)C(Cl)(Cl)Cl.O=C(O)c1cc(Br)c(Br)[nH]1.O=C(O)c1ccc[nH]1.O=C(c1ccc[nH]1)C(Cl)(Cl)Cl.[Y].[Y]. The first-order valence-corrected chi connectivity index (χ1v) is 27.6. The fraction of sp³-hybridized carbons (Fsp3) is 0.205. The first-order chi connectivity index (χ1) is 35.1.